The molecule has 1 aromatic rings. The lowest BCUT2D eigenvalue weighted by Gasteiger charge is -2.06. The monoisotopic (exact) mass is 337 g/mol. The van der Waals surface area contributed by atoms with Crippen molar-refractivity contribution in [2.45, 2.75) is 30.6 Å². The Balaban J connectivity index is 2.30. The summed E-state index contributed by atoms with van der Waals surface area (Å²) in [4.78, 5) is 11.2. The van der Waals surface area contributed by atoms with Crippen molar-refractivity contribution in [3.8, 4) is 0 Å². The third-order valence-electron chi connectivity index (χ3n) is 2.70. The number of rotatable bonds is 9. The lowest BCUT2D eigenvalue weighted by atomic mass is 10.1. The van der Waals surface area contributed by atoms with Crippen molar-refractivity contribution < 1.29 is 13.2 Å². The molecule has 0 radical (unpaired) electrons. The van der Waals surface area contributed by atoms with Crippen LogP contribution in [0.4, 0.5) is 0 Å². The van der Waals surface area contributed by atoms with E-state index in [1.165, 1.54) is 24.3 Å². The minimum absolute atomic E-state index is 0.0217. The van der Waals surface area contributed by atoms with Gasteiger partial charge >= 0.3 is 0 Å². The summed E-state index contributed by atoms with van der Waals surface area (Å²) < 4.78 is 26.3. The molecule has 0 saturated heterocycles. The van der Waals surface area contributed by atoms with E-state index in [4.69, 9.17) is 23.2 Å². The van der Waals surface area contributed by atoms with Crippen molar-refractivity contribution in [2.75, 3.05) is 12.4 Å². The highest BCUT2D eigenvalue weighted by molar-refractivity contribution is 7.89. The number of nitrogens with one attached hydrogen (secondary N) is 1. The van der Waals surface area contributed by atoms with Crippen LogP contribution in [-0.2, 0) is 14.8 Å². The van der Waals surface area contributed by atoms with Gasteiger partial charge in [0.15, 0.2) is 0 Å². The molecule has 1 rings (SSSR count). The standard InChI is InChI=1S/C13H17Cl2NO3S/c14-10-12(17)4-2-1-3-9-16-20(18,19)13-7-5-11(15)6-8-13/h5-8,16H,1-4,9-10H2. The van der Waals surface area contributed by atoms with Crippen molar-refractivity contribution >= 4 is 39.0 Å². The third-order valence-corrected chi connectivity index (χ3v) is 4.72. The van der Waals surface area contributed by atoms with Gasteiger partial charge in [0.1, 0.15) is 5.78 Å². The number of sulfonamides is 1. The fourth-order valence-electron chi connectivity index (χ4n) is 1.59. The fraction of sp³-hybridized carbons (Fsp3) is 0.462. The second-order valence-corrected chi connectivity index (χ2v) is 6.81. The van der Waals surface area contributed by atoms with Gasteiger partial charge < -0.3 is 0 Å². The van der Waals surface area contributed by atoms with Crippen LogP contribution in [0.1, 0.15) is 25.7 Å². The second kappa shape index (κ2) is 8.62. The van der Waals surface area contributed by atoms with Crippen LogP contribution in [-0.4, -0.2) is 26.6 Å². The Labute approximate surface area is 129 Å². The molecule has 0 spiro atoms. The summed E-state index contributed by atoms with van der Waals surface area (Å²) in [5.74, 6) is 0.0665. The minimum atomic E-state index is -3.48. The first-order chi connectivity index (χ1) is 9.45. The SMILES string of the molecule is O=C(CCl)CCCCCNS(=O)(=O)c1ccc(Cl)cc1. The molecule has 0 fully saturated rings. The maximum absolute atomic E-state index is 11.9. The van der Waals surface area contributed by atoms with Crippen LogP contribution in [0.2, 0.25) is 5.02 Å². The first-order valence-corrected chi connectivity index (χ1v) is 8.68. The van der Waals surface area contributed by atoms with Crippen LogP contribution in [0, 0.1) is 0 Å². The molecule has 0 heterocycles. The molecule has 0 aliphatic heterocycles. The molecule has 7 heteroatoms. The number of unbranched alkanes of at least 4 members (excludes halogenated alkanes) is 2. The molecule has 0 bridgehead atoms. The predicted molar refractivity (Wildman–Crippen MR) is 80.8 cm³/mol. The van der Waals surface area contributed by atoms with Gasteiger partial charge in [0.2, 0.25) is 10.0 Å². The van der Waals surface area contributed by atoms with Gasteiger partial charge in [-0.05, 0) is 37.1 Å². The maximum atomic E-state index is 11.9. The molecule has 0 aliphatic carbocycles. The Kier molecular flexibility index (Phi) is 7.51. The number of hydrogen-bond donors (Lipinski definition) is 1. The number of halogens is 2. The molecule has 0 atom stereocenters. The van der Waals surface area contributed by atoms with E-state index in [1.807, 2.05) is 0 Å². The van der Waals surface area contributed by atoms with Crippen molar-refractivity contribution in [3.63, 3.8) is 0 Å². The van der Waals surface area contributed by atoms with Gasteiger partial charge in [-0.2, -0.15) is 0 Å². The van der Waals surface area contributed by atoms with E-state index in [1.54, 1.807) is 0 Å². The molecule has 0 unspecified atom stereocenters. The summed E-state index contributed by atoms with van der Waals surface area (Å²) in [6, 6.07) is 6.00. The summed E-state index contributed by atoms with van der Waals surface area (Å²) in [5.41, 5.74) is 0. The molecule has 20 heavy (non-hydrogen) atoms. The lowest BCUT2D eigenvalue weighted by Crippen LogP contribution is -2.24. The van der Waals surface area contributed by atoms with Crippen molar-refractivity contribution in [3.05, 3.63) is 29.3 Å². The summed E-state index contributed by atoms with van der Waals surface area (Å²) in [5, 5.41) is 0.493. The first kappa shape index (κ1) is 17.4. The van der Waals surface area contributed by atoms with Crippen molar-refractivity contribution in [1.82, 2.24) is 4.72 Å². The van der Waals surface area contributed by atoms with Gasteiger partial charge in [0, 0.05) is 18.0 Å². The molecule has 0 aromatic heterocycles. The van der Waals surface area contributed by atoms with Crippen molar-refractivity contribution in [1.29, 1.82) is 0 Å². The van der Waals surface area contributed by atoms with Gasteiger partial charge in [0.05, 0.1) is 10.8 Å². The van der Waals surface area contributed by atoms with Crippen LogP contribution in [0.15, 0.2) is 29.2 Å². The highest BCUT2D eigenvalue weighted by Gasteiger charge is 2.12. The van der Waals surface area contributed by atoms with Gasteiger partial charge in [-0.3, -0.25) is 4.79 Å². The van der Waals surface area contributed by atoms with E-state index in [2.05, 4.69) is 4.72 Å². The largest absolute Gasteiger partial charge is 0.298 e. The zero-order chi connectivity index (χ0) is 15.0. The summed E-state index contributed by atoms with van der Waals surface area (Å²) in [6.07, 6.45) is 2.65. The number of benzene rings is 1. The Bertz CT molecular complexity index is 529. The molecule has 4 nitrogen and oxygen atoms in total. The van der Waals surface area contributed by atoms with Gasteiger partial charge in [-0.1, -0.05) is 18.0 Å². The normalized spacial score (nSPS) is 11.5. The Morgan fingerprint density at radius 2 is 1.75 bits per heavy atom. The fourth-order valence-corrected chi connectivity index (χ4v) is 2.93. The first-order valence-electron chi connectivity index (χ1n) is 6.28. The minimum Gasteiger partial charge on any atom is -0.298 e. The van der Waals surface area contributed by atoms with E-state index in [0.717, 1.165) is 12.8 Å². The molecule has 1 aromatic carbocycles. The average molecular weight is 338 g/mol. The molecule has 0 aliphatic rings. The molecule has 0 amide bonds. The van der Waals surface area contributed by atoms with Crippen LogP contribution in [0.5, 0.6) is 0 Å². The zero-order valence-electron chi connectivity index (χ0n) is 10.9. The second-order valence-electron chi connectivity index (χ2n) is 4.33. The predicted octanol–water partition coefficient (Wildman–Crippen LogP) is 2.99. The summed E-state index contributed by atoms with van der Waals surface area (Å²) in [7, 11) is -3.48. The quantitative estimate of drug-likeness (QED) is 0.556. The van der Waals surface area contributed by atoms with Crippen molar-refractivity contribution in [2.24, 2.45) is 0 Å². The van der Waals surface area contributed by atoms with Crippen LogP contribution in [0.3, 0.4) is 0 Å². The number of ketones is 1. The zero-order valence-corrected chi connectivity index (χ0v) is 13.3. The topological polar surface area (TPSA) is 63.2 Å². The molecule has 0 saturated carbocycles. The highest BCUT2D eigenvalue weighted by Crippen LogP contribution is 2.13. The summed E-state index contributed by atoms with van der Waals surface area (Å²) in [6.45, 7) is 0.347. The molecule has 1 N–H and O–H groups in total. The van der Waals surface area contributed by atoms with E-state index in [0.29, 0.717) is 24.4 Å². The van der Waals surface area contributed by atoms with Crippen LogP contribution < -0.4 is 4.72 Å². The third kappa shape index (κ3) is 6.22. The number of hydrogen-bond acceptors (Lipinski definition) is 3. The van der Waals surface area contributed by atoms with Crippen LogP contribution in [0.25, 0.3) is 0 Å². The maximum Gasteiger partial charge on any atom is 0.240 e. The van der Waals surface area contributed by atoms with Gasteiger partial charge in [-0.25, -0.2) is 13.1 Å². The highest BCUT2D eigenvalue weighted by atomic mass is 35.5. The van der Waals surface area contributed by atoms with Crippen LogP contribution >= 0.6 is 23.2 Å². The number of Topliss-reactive ketones (excluding diaryl/α,β-unsaturated/α-hetero) is 1. The van der Waals surface area contributed by atoms with Gasteiger partial charge in [-0.15, -0.1) is 11.6 Å². The van der Waals surface area contributed by atoms with E-state index in [-0.39, 0.29) is 16.6 Å². The Morgan fingerprint density at radius 3 is 2.35 bits per heavy atom. The molecule has 112 valence electrons. The summed E-state index contributed by atoms with van der Waals surface area (Å²) >= 11 is 11.1. The Morgan fingerprint density at radius 1 is 1.10 bits per heavy atom. The Hall–Kier alpha value is -0.620. The smallest absolute Gasteiger partial charge is 0.240 e. The number of carbonyl (C=O) groups is 1. The number of carbonyl (C=O) groups excluding carboxylic acids is 1. The lowest BCUT2D eigenvalue weighted by molar-refractivity contribution is -0.116. The average Bonchev–Trinajstić information content (AvgIpc) is 2.42. The van der Waals surface area contributed by atoms with Gasteiger partial charge in [0.25, 0.3) is 0 Å². The van der Waals surface area contributed by atoms with E-state index in [9.17, 15) is 13.2 Å². The van der Waals surface area contributed by atoms with E-state index >= 15 is 0 Å². The molecular weight excluding hydrogens is 321 g/mol. The number of alkyl halides is 1. The van der Waals surface area contributed by atoms with E-state index < -0.39 is 10.0 Å². The molecular formula is C13H17Cl2NO3S.